The third kappa shape index (κ3) is 7.05. The molecule has 1 aliphatic heterocycles. The second-order valence-electron chi connectivity index (χ2n) is 10.4. The van der Waals surface area contributed by atoms with Crippen LogP contribution in [0.15, 0.2) is 41.8 Å². The number of nitrogens with zero attached hydrogens (tertiary/aromatic N) is 10. The minimum atomic E-state index is -0.640. The first kappa shape index (κ1) is 32.2. The van der Waals surface area contributed by atoms with Gasteiger partial charge in [0.05, 0.1) is 46.2 Å². The Balaban J connectivity index is 1.34. The molecule has 1 fully saturated rings. The molecule has 1 aliphatic rings. The van der Waals surface area contributed by atoms with Crippen LogP contribution in [0.3, 0.4) is 0 Å². The monoisotopic (exact) mass is 647 g/mol. The molecule has 0 radical (unpaired) electrons. The van der Waals surface area contributed by atoms with E-state index in [1.165, 1.54) is 36.7 Å². The number of amides is 1. The van der Waals surface area contributed by atoms with Gasteiger partial charge < -0.3 is 19.9 Å². The van der Waals surface area contributed by atoms with Crippen LogP contribution >= 0.6 is 11.6 Å². The van der Waals surface area contributed by atoms with E-state index in [1.54, 1.807) is 18.7 Å². The summed E-state index contributed by atoms with van der Waals surface area (Å²) in [6, 6.07) is 6.71. The number of nitrogens with one attached hydrogen (secondary N) is 1. The highest BCUT2D eigenvalue weighted by Gasteiger charge is 2.24. The zero-order valence-corrected chi connectivity index (χ0v) is 25.7. The number of carbonyl (C=O) groups excluding carboxylic acids is 1. The number of benzene rings is 1. The number of aromatic nitrogens is 4. The molecule has 0 bridgehead atoms. The topological polar surface area (TPSA) is 169 Å². The van der Waals surface area contributed by atoms with E-state index in [9.17, 15) is 14.4 Å². The van der Waals surface area contributed by atoms with Crippen LogP contribution < -0.4 is 10.2 Å². The molecule has 1 atom stereocenters. The molecular formula is C30H28ClF2N11O2. The Hall–Kier alpha value is -5.16. The van der Waals surface area contributed by atoms with Gasteiger partial charge in [0, 0.05) is 67.2 Å². The number of halogens is 3. The summed E-state index contributed by atoms with van der Waals surface area (Å²) >= 11 is 6.64. The zero-order valence-electron chi connectivity index (χ0n) is 24.9. The lowest BCUT2D eigenvalue weighted by molar-refractivity contribution is -0.136. The Labute approximate surface area is 267 Å². The van der Waals surface area contributed by atoms with E-state index in [2.05, 4.69) is 35.3 Å². The average Bonchev–Trinajstić information content (AvgIpc) is 3.07. The number of anilines is 2. The van der Waals surface area contributed by atoms with Crippen LogP contribution in [0, 0.1) is 29.9 Å². The van der Waals surface area contributed by atoms with Crippen molar-refractivity contribution in [1.29, 1.82) is 5.26 Å². The van der Waals surface area contributed by atoms with Gasteiger partial charge in [-0.3, -0.25) is 4.79 Å². The molecule has 0 aliphatic carbocycles. The SMILES string of the molecule is Cc1nc2cc(F)c(-c3cnc(N4CCN(C(=O)COCCN=[N+]=[N-])CC4)nc3)nc2c(N[C@H](C)c2cc(C#N)ccc2F)c1Cl. The quantitative estimate of drug-likeness (QED) is 0.103. The summed E-state index contributed by atoms with van der Waals surface area (Å²) in [5, 5.41) is 16.1. The standard InChI is InChI=1S/C30H28ClF2N11O2/c1-17(21-11-19(13-34)3-4-22(21)32)40-29-26(31)18(2)39-24-12-23(33)27(41-28(24)29)20-14-36-30(37-15-20)44-8-6-43(7-9-44)25(45)16-46-10-5-38-42-35/h3-4,11-12,14-15,17H,5-10,16H2,1-2H3,(H,39,40)/t17-/m1/s1. The molecule has 0 unspecified atom stereocenters. The van der Waals surface area contributed by atoms with Crippen molar-refractivity contribution in [2.24, 2.45) is 5.11 Å². The maximum absolute atomic E-state index is 15.4. The fourth-order valence-corrected chi connectivity index (χ4v) is 5.19. The van der Waals surface area contributed by atoms with Crippen LogP contribution in [0.25, 0.3) is 32.7 Å². The van der Waals surface area contributed by atoms with Gasteiger partial charge in [-0.1, -0.05) is 16.7 Å². The summed E-state index contributed by atoms with van der Waals surface area (Å²) in [6.07, 6.45) is 2.94. The molecule has 13 nitrogen and oxygen atoms in total. The van der Waals surface area contributed by atoms with Crippen LogP contribution in [0.2, 0.25) is 5.02 Å². The van der Waals surface area contributed by atoms with Gasteiger partial charge in [0.1, 0.15) is 23.6 Å². The van der Waals surface area contributed by atoms with Gasteiger partial charge in [-0.2, -0.15) is 5.26 Å². The van der Waals surface area contributed by atoms with E-state index in [0.717, 1.165) is 0 Å². The number of nitriles is 1. The van der Waals surface area contributed by atoms with Crippen LogP contribution in [0.1, 0.15) is 29.8 Å². The predicted molar refractivity (Wildman–Crippen MR) is 167 cm³/mol. The molecular weight excluding hydrogens is 620 g/mol. The largest absolute Gasteiger partial charge is 0.375 e. The number of rotatable bonds is 10. The Kier molecular flexibility index (Phi) is 10.0. The fourth-order valence-electron chi connectivity index (χ4n) is 5.00. The third-order valence-electron chi connectivity index (χ3n) is 7.42. The van der Waals surface area contributed by atoms with E-state index < -0.39 is 17.7 Å². The molecule has 4 heterocycles. The second-order valence-corrected chi connectivity index (χ2v) is 10.8. The van der Waals surface area contributed by atoms with Crippen molar-refractivity contribution in [3.05, 3.63) is 80.6 Å². The second kappa shape index (κ2) is 14.3. The molecule has 46 heavy (non-hydrogen) atoms. The molecule has 0 spiro atoms. The van der Waals surface area contributed by atoms with Crippen molar-refractivity contribution in [2.45, 2.75) is 19.9 Å². The lowest BCUT2D eigenvalue weighted by Gasteiger charge is -2.34. The number of piperazine rings is 1. The maximum atomic E-state index is 15.4. The minimum absolute atomic E-state index is 0.0231. The van der Waals surface area contributed by atoms with Crippen molar-refractivity contribution in [3.63, 3.8) is 0 Å². The summed E-state index contributed by atoms with van der Waals surface area (Å²) in [6.45, 7) is 5.47. The Morgan fingerprint density at radius 1 is 1.20 bits per heavy atom. The molecule has 236 valence electrons. The van der Waals surface area contributed by atoms with Gasteiger partial charge in [0.15, 0.2) is 5.82 Å². The molecule has 5 rings (SSSR count). The van der Waals surface area contributed by atoms with E-state index in [-0.39, 0.29) is 53.0 Å². The highest BCUT2D eigenvalue weighted by molar-refractivity contribution is 6.35. The first-order chi connectivity index (χ1) is 22.2. The molecule has 1 aromatic carbocycles. The summed E-state index contributed by atoms with van der Waals surface area (Å²) in [4.78, 5) is 36.4. The normalized spacial score (nSPS) is 13.7. The van der Waals surface area contributed by atoms with Crippen molar-refractivity contribution in [2.75, 3.05) is 56.2 Å². The van der Waals surface area contributed by atoms with Crippen LogP contribution in [-0.2, 0) is 9.53 Å². The minimum Gasteiger partial charge on any atom is -0.375 e. The number of hydrogen-bond donors (Lipinski definition) is 1. The van der Waals surface area contributed by atoms with Gasteiger partial charge in [0.25, 0.3) is 0 Å². The summed E-state index contributed by atoms with van der Waals surface area (Å²) in [7, 11) is 0. The molecule has 1 saturated heterocycles. The van der Waals surface area contributed by atoms with Gasteiger partial charge in [0.2, 0.25) is 11.9 Å². The first-order valence-corrected chi connectivity index (χ1v) is 14.6. The Bertz CT molecular complexity index is 1860. The Morgan fingerprint density at radius 3 is 2.63 bits per heavy atom. The zero-order chi connectivity index (χ0) is 32.8. The van der Waals surface area contributed by atoms with Crippen LogP contribution in [-0.4, -0.2) is 76.7 Å². The summed E-state index contributed by atoms with van der Waals surface area (Å²) < 4.78 is 35.3. The summed E-state index contributed by atoms with van der Waals surface area (Å²) in [5.41, 5.74) is 10.4. The van der Waals surface area contributed by atoms with Crippen molar-refractivity contribution in [1.82, 2.24) is 24.8 Å². The highest BCUT2D eigenvalue weighted by Crippen LogP contribution is 2.36. The third-order valence-corrected chi connectivity index (χ3v) is 7.88. The number of aryl methyl sites for hydroxylation is 1. The number of pyridine rings is 2. The number of azide groups is 1. The average molecular weight is 648 g/mol. The van der Waals surface area contributed by atoms with Crippen LogP contribution in [0.4, 0.5) is 20.4 Å². The van der Waals surface area contributed by atoms with E-state index in [1.807, 2.05) is 11.0 Å². The van der Waals surface area contributed by atoms with Crippen molar-refractivity contribution < 1.29 is 18.3 Å². The van der Waals surface area contributed by atoms with Gasteiger partial charge in [-0.15, -0.1) is 0 Å². The van der Waals surface area contributed by atoms with Crippen molar-refractivity contribution in [3.8, 4) is 17.3 Å². The molecule has 4 aromatic rings. The van der Waals surface area contributed by atoms with Gasteiger partial charge in [-0.05, 0) is 37.6 Å². The number of ether oxygens (including phenoxy) is 1. The lowest BCUT2D eigenvalue weighted by Crippen LogP contribution is -2.50. The van der Waals surface area contributed by atoms with E-state index in [4.69, 9.17) is 21.9 Å². The maximum Gasteiger partial charge on any atom is 0.248 e. The molecule has 1 N–H and O–H groups in total. The smallest absolute Gasteiger partial charge is 0.248 e. The molecule has 1 amide bonds. The molecule has 3 aromatic heterocycles. The fraction of sp³-hybridized carbons (Fsp3) is 0.333. The van der Waals surface area contributed by atoms with Gasteiger partial charge in [-0.25, -0.2) is 28.7 Å². The number of carbonyl (C=O) groups is 1. The lowest BCUT2D eigenvalue weighted by atomic mass is 10.0. The highest BCUT2D eigenvalue weighted by atomic mass is 35.5. The van der Waals surface area contributed by atoms with Crippen molar-refractivity contribution >= 4 is 40.2 Å². The number of fused-ring (bicyclic) bond motifs is 1. The Morgan fingerprint density at radius 2 is 1.93 bits per heavy atom. The summed E-state index contributed by atoms with van der Waals surface area (Å²) in [5.74, 6) is -0.883. The molecule has 16 heteroatoms. The van der Waals surface area contributed by atoms with Gasteiger partial charge >= 0.3 is 0 Å². The van der Waals surface area contributed by atoms with E-state index in [0.29, 0.717) is 54.6 Å². The molecule has 0 saturated carbocycles. The number of hydrogen-bond acceptors (Lipinski definition) is 10. The van der Waals surface area contributed by atoms with Crippen LogP contribution in [0.5, 0.6) is 0 Å². The predicted octanol–water partition coefficient (Wildman–Crippen LogP) is 5.35. The first-order valence-electron chi connectivity index (χ1n) is 14.3. The van der Waals surface area contributed by atoms with E-state index >= 15 is 4.39 Å².